The lowest BCUT2D eigenvalue weighted by Gasteiger charge is -2.14. The molecule has 0 spiro atoms. The van der Waals surface area contributed by atoms with Gasteiger partial charge in [-0.2, -0.15) is 0 Å². The second-order valence-electron chi connectivity index (χ2n) is 4.93. The van der Waals surface area contributed by atoms with E-state index in [2.05, 4.69) is 31.0 Å². The summed E-state index contributed by atoms with van der Waals surface area (Å²) < 4.78 is 5.75. The van der Waals surface area contributed by atoms with Crippen LogP contribution in [0.25, 0.3) is 0 Å². The molecule has 0 saturated heterocycles. The number of halogens is 2. The number of nitrogens with one attached hydrogen (secondary N) is 1. The van der Waals surface area contributed by atoms with Crippen molar-refractivity contribution in [2.45, 2.75) is 33.7 Å². The van der Waals surface area contributed by atoms with Crippen molar-refractivity contribution in [3.8, 4) is 17.6 Å². The molecule has 0 fully saturated rings. The number of hydrogen-bond acceptors (Lipinski definition) is 2. The van der Waals surface area contributed by atoms with Gasteiger partial charge in [0.25, 0.3) is 0 Å². The van der Waals surface area contributed by atoms with Crippen molar-refractivity contribution in [1.82, 2.24) is 5.32 Å². The van der Waals surface area contributed by atoms with Crippen LogP contribution in [-0.2, 0) is 6.54 Å². The third kappa shape index (κ3) is 6.05. The largest absolute Gasteiger partial charge is 0.491 e. The van der Waals surface area contributed by atoms with Crippen molar-refractivity contribution < 1.29 is 4.74 Å². The van der Waals surface area contributed by atoms with E-state index in [0.717, 1.165) is 12.1 Å². The number of ether oxygens (including phenoxy) is 1. The van der Waals surface area contributed by atoms with Gasteiger partial charge in [-0.05, 0) is 31.5 Å². The summed E-state index contributed by atoms with van der Waals surface area (Å²) in [5.74, 6) is 7.10. The highest BCUT2D eigenvalue weighted by molar-refractivity contribution is 6.35. The lowest BCUT2D eigenvalue weighted by molar-refractivity contribution is 0.322. The Labute approximate surface area is 131 Å². The molecule has 2 nitrogen and oxygen atoms in total. The zero-order valence-electron chi connectivity index (χ0n) is 12.2. The summed E-state index contributed by atoms with van der Waals surface area (Å²) in [6.45, 7) is 8.30. The molecule has 0 aliphatic carbocycles. The molecule has 1 aromatic rings. The van der Waals surface area contributed by atoms with E-state index in [1.807, 2.05) is 13.0 Å². The average Bonchev–Trinajstić information content (AvgIpc) is 2.36. The molecule has 0 radical (unpaired) electrons. The van der Waals surface area contributed by atoms with Crippen LogP contribution in [0.5, 0.6) is 5.75 Å². The molecular weight excluding hydrogens is 293 g/mol. The predicted octanol–water partition coefficient (Wildman–Crippen LogP) is 4.53. The SMILES string of the molecule is CC#CCCOc1c(Cl)cc(Cl)cc1CNCC(C)C. The highest BCUT2D eigenvalue weighted by Gasteiger charge is 2.10. The summed E-state index contributed by atoms with van der Waals surface area (Å²) in [5.41, 5.74) is 0.979. The maximum absolute atomic E-state index is 6.22. The molecule has 0 heterocycles. The Morgan fingerprint density at radius 3 is 2.70 bits per heavy atom. The van der Waals surface area contributed by atoms with Crippen LogP contribution in [0.1, 0.15) is 32.8 Å². The minimum absolute atomic E-state index is 0.527. The molecule has 0 atom stereocenters. The van der Waals surface area contributed by atoms with E-state index in [1.54, 1.807) is 6.07 Å². The first-order chi connectivity index (χ1) is 9.54. The van der Waals surface area contributed by atoms with E-state index in [9.17, 15) is 0 Å². The zero-order chi connectivity index (χ0) is 15.0. The quantitative estimate of drug-likeness (QED) is 0.590. The minimum Gasteiger partial charge on any atom is -0.491 e. The van der Waals surface area contributed by atoms with Gasteiger partial charge in [0, 0.05) is 23.6 Å². The van der Waals surface area contributed by atoms with Gasteiger partial charge in [0.1, 0.15) is 5.75 Å². The summed E-state index contributed by atoms with van der Waals surface area (Å²) in [6.07, 6.45) is 0.689. The maximum Gasteiger partial charge on any atom is 0.142 e. The zero-order valence-corrected chi connectivity index (χ0v) is 13.7. The number of rotatable bonds is 7. The van der Waals surface area contributed by atoms with Gasteiger partial charge in [-0.15, -0.1) is 11.8 Å². The van der Waals surface area contributed by atoms with Crippen molar-refractivity contribution in [1.29, 1.82) is 0 Å². The van der Waals surface area contributed by atoms with Crippen molar-refractivity contribution in [2.75, 3.05) is 13.2 Å². The topological polar surface area (TPSA) is 21.3 Å². The fourth-order valence-corrected chi connectivity index (χ4v) is 2.32. The molecule has 1 aromatic carbocycles. The second-order valence-corrected chi connectivity index (χ2v) is 5.77. The summed E-state index contributed by atoms with van der Waals surface area (Å²) in [5, 5.41) is 4.54. The van der Waals surface area contributed by atoms with Gasteiger partial charge in [0.15, 0.2) is 0 Å². The van der Waals surface area contributed by atoms with Gasteiger partial charge in [0.05, 0.1) is 11.6 Å². The van der Waals surface area contributed by atoms with Gasteiger partial charge in [-0.25, -0.2) is 0 Å². The van der Waals surface area contributed by atoms with Crippen LogP contribution in [-0.4, -0.2) is 13.2 Å². The fraction of sp³-hybridized carbons (Fsp3) is 0.500. The second kappa shape index (κ2) is 9.13. The summed E-state index contributed by atoms with van der Waals surface area (Å²) in [6, 6.07) is 3.59. The highest BCUT2D eigenvalue weighted by atomic mass is 35.5. The van der Waals surface area contributed by atoms with Gasteiger partial charge in [-0.3, -0.25) is 0 Å². The highest BCUT2D eigenvalue weighted by Crippen LogP contribution is 2.32. The molecule has 0 aliphatic rings. The van der Waals surface area contributed by atoms with Gasteiger partial charge >= 0.3 is 0 Å². The van der Waals surface area contributed by atoms with Crippen molar-refractivity contribution in [3.05, 3.63) is 27.7 Å². The third-order valence-corrected chi connectivity index (χ3v) is 3.10. The van der Waals surface area contributed by atoms with Crippen LogP contribution in [0.4, 0.5) is 0 Å². The molecule has 20 heavy (non-hydrogen) atoms. The Bertz CT molecular complexity index is 489. The van der Waals surface area contributed by atoms with Crippen molar-refractivity contribution >= 4 is 23.2 Å². The Hall–Kier alpha value is -0.880. The number of benzene rings is 1. The number of hydrogen-bond donors (Lipinski definition) is 1. The normalized spacial score (nSPS) is 10.3. The average molecular weight is 314 g/mol. The molecule has 0 amide bonds. The lowest BCUT2D eigenvalue weighted by atomic mass is 10.1. The Morgan fingerprint density at radius 1 is 1.30 bits per heavy atom. The lowest BCUT2D eigenvalue weighted by Crippen LogP contribution is -2.19. The van der Waals surface area contributed by atoms with E-state index in [-0.39, 0.29) is 0 Å². The van der Waals surface area contributed by atoms with Crippen molar-refractivity contribution in [2.24, 2.45) is 5.92 Å². The van der Waals surface area contributed by atoms with Crippen molar-refractivity contribution in [3.63, 3.8) is 0 Å². The van der Waals surface area contributed by atoms with Crippen LogP contribution < -0.4 is 10.1 Å². The van der Waals surface area contributed by atoms with Crippen LogP contribution in [0, 0.1) is 17.8 Å². The molecular formula is C16H21Cl2NO. The first-order valence-corrected chi connectivity index (χ1v) is 7.51. The van der Waals surface area contributed by atoms with E-state index in [4.69, 9.17) is 27.9 Å². The Morgan fingerprint density at radius 2 is 2.05 bits per heavy atom. The van der Waals surface area contributed by atoms with Crippen LogP contribution in [0.15, 0.2) is 12.1 Å². The van der Waals surface area contributed by atoms with Gasteiger partial charge < -0.3 is 10.1 Å². The first-order valence-electron chi connectivity index (χ1n) is 6.75. The van der Waals surface area contributed by atoms with E-state index in [0.29, 0.717) is 41.3 Å². The third-order valence-electron chi connectivity index (χ3n) is 2.60. The van der Waals surface area contributed by atoms with E-state index in [1.165, 1.54) is 0 Å². The monoisotopic (exact) mass is 313 g/mol. The summed E-state index contributed by atoms with van der Waals surface area (Å²) in [4.78, 5) is 0. The van der Waals surface area contributed by atoms with Crippen LogP contribution >= 0.6 is 23.2 Å². The molecule has 0 bridgehead atoms. The Kier molecular flexibility index (Phi) is 7.84. The van der Waals surface area contributed by atoms with Crippen LogP contribution in [0.2, 0.25) is 10.0 Å². The molecule has 4 heteroatoms. The first kappa shape index (κ1) is 17.2. The molecule has 1 N–H and O–H groups in total. The van der Waals surface area contributed by atoms with Gasteiger partial charge in [0.2, 0.25) is 0 Å². The molecule has 0 saturated carbocycles. The fourth-order valence-electron chi connectivity index (χ4n) is 1.73. The Balaban J connectivity index is 2.75. The smallest absolute Gasteiger partial charge is 0.142 e. The maximum atomic E-state index is 6.22. The van der Waals surface area contributed by atoms with Gasteiger partial charge in [-0.1, -0.05) is 37.0 Å². The molecule has 0 aromatic heterocycles. The molecule has 1 rings (SSSR count). The molecule has 110 valence electrons. The minimum atomic E-state index is 0.527. The standard InChI is InChI=1S/C16H21Cl2NO/c1-4-5-6-7-20-16-13(11-19-10-12(2)3)8-14(17)9-15(16)18/h8-9,12,19H,6-7,10-11H2,1-3H3. The van der Waals surface area contributed by atoms with E-state index >= 15 is 0 Å². The van der Waals surface area contributed by atoms with E-state index < -0.39 is 0 Å². The molecule has 0 unspecified atom stereocenters. The predicted molar refractivity (Wildman–Crippen MR) is 86.6 cm³/mol. The summed E-state index contributed by atoms with van der Waals surface area (Å²) >= 11 is 12.3. The molecule has 0 aliphatic heterocycles. The van der Waals surface area contributed by atoms with Crippen LogP contribution in [0.3, 0.4) is 0 Å². The summed E-state index contributed by atoms with van der Waals surface area (Å²) in [7, 11) is 0.